The lowest BCUT2D eigenvalue weighted by Gasteiger charge is -2.18. The van der Waals surface area contributed by atoms with Crippen LogP contribution >= 0.6 is 0 Å². The summed E-state index contributed by atoms with van der Waals surface area (Å²) in [5, 5.41) is 9.44. The van der Waals surface area contributed by atoms with Gasteiger partial charge in [-0.2, -0.15) is 0 Å². The first kappa shape index (κ1) is 8.84. The first-order chi connectivity index (χ1) is 5.61. The standard InChI is InChI=1S/C9H12O3/c1-6-4-3-5-8(9(6)11)12-7(2)10/h3-4,8,11H,5H2,1-2H3/t8-/m1/s1. The number of allylic oxidation sites excluding steroid dienone is 2. The molecule has 0 radical (unpaired) electrons. The zero-order chi connectivity index (χ0) is 9.14. The maximum absolute atomic E-state index is 10.6. The Labute approximate surface area is 71.3 Å². The van der Waals surface area contributed by atoms with Crippen LogP contribution in [0.15, 0.2) is 23.5 Å². The normalized spacial score (nSPS) is 22.7. The third-order valence-corrected chi connectivity index (χ3v) is 1.74. The fourth-order valence-corrected chi connectivity index (χ4v) is 1.12. The van der Waals surface area contributed by atoms with Crippen LogP contribution in [0.1, 0.15) is 20.3 Å². The predicted molar refractivity (Wildman–Crippen MR) is 44.6 cm³/mol. The van der Waals surface area contributed by atoms with E-state index in [0.717, 1.165) is 5.57 Å². The highest BCUT2D eigenvalue weighted by molar-refractivity contribution is 5.66. The zero-order valence-corrected chi connectivity index (χ0v) is 7.20. The number of carbonyl (C=O) groups is 1. The SMILES string of the molecule is CC(=O)O[C@@H]1CC=CC(C)=C1O. The third kappa shape index (κ3) is 1.87. The van der Waals surface area contributed by atoms with Crippen molar-refractivity contribution in [3.63, 3.8) is 0 Å². The smallest absolute Gasteiger partial charge is 0.303 e. The summed E-state index contributed by atoms with van der Waals surface area (Å²) in [4.78, 5) is 10.6. The number of hydrogen-bond acceptors (Lipinski definition) is 3. The van der Waals surface area contributed by atoms with Gasteiger partial charge in [-0.3, -0.25) is 4.79 Å². The highest BCUT2D eigenvalue weighted by Crippen LogP contribution is 2.19. The zero-order valence-electron chi connectivity index (χ0n) is 7.20. The molecule has 1 aliphatic carbocycles. The van der Waals surface area contributed by atoms with E-state index in [1.165, 1.54) is 6.92 Å². The Morgan fingerprint density at radius 3 is 3.00 bits per heavy atom. The van der Waals surface area contributed by atoms with Gasteiger partial charge in [0.05, 0.1) is 0 Å². The topological polar surface area (TPSA) is 46.5 Å². The van der Waals surface area contributed by atoms with Crippen molar-refractivity contribution in [2.24, 2.45) is 0 Å². The number of aliphatic hydroxyl groups is 1. The van der Waals surface area contributed by atoms with Crippen LogP contribution in [0.4, 0.5) is 0 Å². The van der Waals surface area contributed by atoms with Gasteiger partial charge in [-0.05, 0) is 12.5 Å². The highest BCUT2D eigenvalue weighted by Gasteiger charge is 2.19. The second kappa shape index (κ2) is 3.43. The lowest BCUT2D eigenvalue weighted by molar-refractivity contribution is -0.145. The fraction of sp³-hybridized carbons (Fsp3) is 0.444. The van der Waals surface area contributed by atoms with Gasteiger partial charge in [0.1, 0.15) is 5.76 Å². The molecule has 3 nitrogen and oxygen atoms in total. The van der Waals surface area contributed by atoms with Crippen molar-refractivity contribution in [1.29, 1.82) is 0 Å². The Morgan fingerprint density at radius 2 is 2.42 bits per heavy atom. The van der Waals surface area contributed by atoms with Crippen molar-refractivity contribution in [2.75, 3.05) is 0 Å². The van der Waals surface area contributed by atoms with Crippen LogP contribution < -0.4 is 0 Å². The summed E-state index contributed by atoms with van der Waals surface area (Å²) in [7, 11) is 0. The van der Waals surface area contributed by atoms with E-state index >= 15 is 0 Å². The summed E-state index contributed by atoms with van der Waals surface area (Å²) in [6, 6.07) is 0. The van der Waals surface area contributed by atoms with E-state index < -0.39 is 6.10 Å². The van der Waals surface area contributed by atoms with Gasteiger partial charge in [0.2, 0.25) is 0 Å². The van der Waals surface area contributed by atoms with Crippen LogP contribution in [-0.4, -0.2) is 17.2 Å². The molecule has 66 valence electrons. The van der Waals surface area contributed by atoms with E-state index in [2.05, 4.69) is 0 Å². The van der Waals surface area contributed by atoms with Crippen molar-refractivity contribution in [3.8, 4) is 0 Å². The Hall–Kier alpha value is -1.25. The van der Waals surface area contributed by atoms with Gasteiger partial charge < -0.3 is 9.84 Å². The second-order valence-electron chi connectivity index (χ2n) is 2.80. The first-order valence-corrected chi connectivity index (χ1v) is 3.84. The van der Waals surface area contributed by atoms with E-state index in [9.17, 15) is 9.90 Å². The molecule has 0 heterocycles. The Balaban J connectivity index is 2.70. The van der Waals surface area contributed by atoms with Gasteiger partial charge in [-0.15, -0.1) is 0 Å². The molecule has 0 saturated carbocycles. The fourth-order valence-electron chi connectivity index (χ4n) is 1.12. The lowest BCUT2D eigenvalue weighted by Crippen LogP contribution is -2.20. The average molecular weight is 168 g/mol. The van der Waals surface area contributed by atoms with Crippen molar-refractivity contribution in [3.05, 3.63) is 23.5 Å². The molecule has 0 bridgehead atoms. The summed E-state index contributed by atoms with van der Waals surface area (Å²) < 4.78 is 4.88. The van der Waals surface area contributed by atoms with Crippen LogP contribution in [0.2, 0.25) is 0 Å². The maximum atomic E-state index is 10.6. The van der Waals surface area contributed by atoms with Gasteiger partial charge in [0.25, 0.3) is 0 Å². The third-order valence-electron chi connectivity index (χ3n) is 1.74. The minimum atomic E-state index is -0.479. The summed E-state index contributed by atoms with van der Waals surface area (Å²) in [5.41, 5.74) is 0.757. The molecule has 0 aromatic carbocycles. The maximum Gasteiger partial charge on any atom is 0.303 e. The molecule has 1 N–H and O–H groups in total. The number of hydrogen-bond donors (Lipinski definition) is 1. The van der Waals surface area contributed by atoms with Crippen molar-refractivity contribution < 1.29 is 14.6 Å². The van der Waals surface area contributed by atoms with E-state index in [1.54, 1.807) is 6.92 Å². The van der Waals surface area contributed by atoms with Crippen LogP contribution in [0.5, 0.6) is 0 Å². The van der Waals surface area contributed by atoms with E-state index in [4.69, 9.17) is 4.74 Å². The van der Waals surface area contributed by atoms with E-state index in [0.29, 0.717) is 6.42 Å². The molecular formula is C9H12O3. The number of carbonyl (C=O) groups excluding carboxylic acids is 1. The lowest BCUT2D eigenvalue weighted by atomic mass is 10.0. The van der Waals surface area contributed by atoms with Crippen LogP contribution in [0.3, 0.4) is 0 Å². The van der Waals surface area contributed by atoms with E-state index in [-0.39, 0.29) is 11.7 Å². The van der Waals surface area contributed by atoms with Gasteiger partial charge in [0, 0.05) is 13.3 Å². The molecule has 1 aliphatic rings. The number of rotatable bonds is 1. The molecule has 1 atom stereocenters. The summed E-state index contributed by atoms with van der Waals surface area (Å²) in [6.07, 6.45) is 3.77. The highest BCUT2D eigenvalue weighted by atomic mass is 16.5. The quantitative estimate of drug-likeness (QED) is 0.606. The Morgan fingerprint density at radius 1 is 1.75 bits per heavy atom. The van der Waals surface area contributed by atoms with Gasteiger partial charge in [-0.25, -0.2) is 0 Å². The molecule has 0 amide bonds. The Bertz CT molecular complexity index is 250. The van der Waals surface area contributed by atoms with Gasteiger partial charge in [0.15, 0.2) is 6.10 Å². The molecule has 1 rings (SSSR count). The van der Waals surface area contributed by atoms with Crippen molar-refractivity contribution in [1.82, 2.24) is 0 Å². The molecular weight excluding hydrogens is 156 g/mol. The van der Waals surface area contributed by atoms with Crippen LogP contribution in [0, 0.1) is 0 Å². The summed E-state index contributed by atoms with van der Waals surface area (Å²) in [6.45, 7) is 3.11. The second-order valence-corrected chi connectivity index (χ2v) is 2.80. The Kier molecular flexibility index (Phi) is 2.53. The van der Waals surface area contributed by atoms with Gasteiger partial charge >= 0.3 is 5.97 Å². The van der Waals surface area contributed by atoms with E-state index in [1.807, 2.05) is 12.2 Å². The van der Waals surface area contributed by atoms with Crippen LogP contribution in [-0.2, 0) is 9.53 Å². The summed E-state index contributed by atoms with van der Waals surface area (Å²) in [5.74, 6) is -0.206. The first-order valence-electron chi connectivity index (χ1n) is 3.84. The molecule has 0 aromatic rings. The minimum absolute atomic E-state index is 0.160. The largest absolute Gasteiger partial charge is 0.508 e. The number of esters is 1. The molecule has 0 aromatic heterocycles. The van der Waals surface area contributed by atoms with Crippen molar-refractivity contribution >= 4 is 5.97 Å². The molecule has 3 heteroatoms. The molecule has 0 unspecified atom stereocenters. The molecule has 0 aliphatic heterocycles. The molecule has 12 heavy (non-hydrogen) atoms. The van der Waals surface area contributed by atoms with Crippen molar-refractivity contribution in [2.45, 2.75) is 26.4 Å². The van der Waals surface area contributed by atoms with Crippen LogP contribution in [0.25, 0.3) is 0 Å². The summed E-state index contributed by atoms with van der Waals surface area (Å²) >= 11 is 0. The average Bonchev–Trinajstić information content (AvgIpc) is 1.98. The number of aliphatic hydroxyl groups excluding tert-OH is 1. The minimum Gasteiger partial charge on any atom is -0.508 e. The molecule has 0 fully saturated rings. The van der Waals surface area contributed by atoms with Gasteiger partial charge in [-0.1, -0.05) is 12.2 Å². The molecule has 0 spiro atoms. The molecule has 0 saturated heterocycles. The predicted octanol–water partition coefficient (Wildman–Crippen LogP) is 1.71. The number of ether oxygens (including phenoxy) is 1. The monoisotopic (exact) mass is 168 g/mol.